The fraction of sp³-hybridized carbons (Fsp3) is 0.688. The average molecular weight is 430 g/mol. The van der Waals surface area contributed by atoms with Gasteiger partial charge in [0.15, 0.2) is 18.0 Å². The standard InChI is InChI=1S/C16H27N6O4PS/c1-8(2)24-6-11-10(26-27(23,28)9(3)4)5-12(25-11)22-7-19-13-14(17)20-16(18)21-15(13)22/h7-12H,5-6H2,1-4H3,(H,23,28)(H4,17,18,20,21)/t10-,11+,12+,27?/m0/s1. The third-order valence-corrected chi connectivity index (χ3v) is 7.89. The second-order valence-electron chi connectivity index (χ2n) is 7.34. The topological polar surface area (TPSA) is 144 Å². The smallest absolute Gasteiger partial charge is 0.224 e. The Morgan fingerprint density at radius 1 is 1.36 bits per heavy atom. The summed E-state index contributed by atoms with van der Waals surface area (Å²) in [5, 5.41) is 0. The number of hydrogen-bond donors (Lipinski definition) is 3. The maximum absolute atomic E-state index is 10.5. The summed E-state index contributed by atoms with van der Waals surface area (Å²) in [7, 11) is 0. The van der Waals surface area contributed by atoms with Crippen LogP contribution in [0.15, 0.2) is 6.33 Å². The first kappa shape index (κ1) is 21.4. The van der Waals surface area contributed by atoms with E-state index in [1.165, 1.54) is 0 Å². The van der Waals surface area contributed by atoms with E-state index in [2.05, 4.69) is 15.0 Å². The zero-order valence-corrected chi connectivity index (χ0v) is 18.1. The van der Waals surface area contributed by atoms with E-state index in [4.69, 9.17) is 37.3 Å². The first-order chi connectivity index (χ1) is 13.1. The van der Waals surface area contributed by atoms with Gasteiger partial charge in [-0.15, -0.1) is 0 Å². The molecule has 10 nitrogen and oxygen atoms in total. The predicted molar refractivity (Wildman–Crippen MR) is 110 cm³/mol. The SMILES string of the molecule is CC(C)OC[C@H]1O[C@@H](n2cnc3c(N)nc(N)nc32)C[C@@H]1OP(O)(=S)C(C)C. The van der Waals surface area contributed by atoms with Crippen LogP contribution in [0.2, 0.25) is 0 Å². The molecule has 156 valence electrons. The zero-order valence-electron chi connectivity index (χ0n) is 16.3. The highest BCUT2D eigenvalue weighted by Crippen LogP contribution is 2.51. The summed E-state index contributed by atoms with van der Waals surface area (Å²) in [4.78, 5) is 23.0. The second kappa shape index (κ2) is 8.17. The summed E-state index contributed by atoms with van der Waals surface area (Å²) in [6.45, 7) is 4.94. The van der Waals surface area contributed by atoms with E-state index in [9.17, 15) is 4.89 Å². The normalized spacial score (nSPS) is 25.0. The number of nitrogens with zero attached hydrogens (tertiary/aromatic N) is 4. The Bertz CT molecular complexity index is 891. The minimum atomic E-state index is -2.96. The molecule has 0 spiro atoms. The molecule has 1 fully saturated rings. The maximum Gasteiger partial charge on any atom is 0.224 e. The predicted octanol–water partition coefficient (Wildman–Crippen LogP) is 1.80. The van der Waals surface area contributed by atoms with E-state index in [-0.39, 0.29) is 23.5 Å². The summed E-state index contributed by atoms with van der Waals surface area (Å²) in [5.74, 6) is 0.264. The van der Waals surface area contributed by atoms with Crippen LogP contribution < -0.4 is 11.5 Å². The van der Waals surface area contributed by atoms with E-state index < -0.39 is 24.9 Å². The van der Waals surface area contributed by atoms with Gasteiger partial charge in [0.05, 0.1) is 25.1 Å². The Hall–Kier alpha value is -1.36. The summed E-state index contributed by atoms with van der Waals surface area (Å²) >= 11 is 5.32. The van der Waals surface area contributed by atoms with Crippen molar-refractivity contribution in [3.63, 3.8) is 0 Å². The van der Waals surface area contributed by atoms with Crippen LogP contribution in [0, 0.1) is 0 Å². The third kappa shape index (κ3) is 4.45. The van der Waals surface area contributed by atoms with Gasteiger partial charge in [-0.1, -0.05) is 13.8 Å². The number of hydrogen-bond acceptors (Lipinski definition) is 9. The third-order valence-electron chi connectivity index (χ3n) is 4.49. The van der Waals surface area contributed by atoms with Crippen LogP contribution >= 0.6 is 6.49 Å². The Morgan fingerprint density at radius 3 is 2.71 bits per heavy atom. The molecule has 3 heterocycles. The lowest BCUT2D eigenvalue weighted by atomic mass is 10.2. The summed E-state index contributed by atoms with van der Waals surface area (Å²) in [5.41, 5.74) is 12.4. The first-order valence-corrected chi connectivity index (χ1v) is 11.9. The highest BCUT2D eigenvalue weighted by Gasteiger charge is 2.41. The molecular weight excluding hydrogens is 403 g/mol. The number of nitrogens with two attached hydrogens (primary N) is 2. The van der Waals surface area contributed by atoms with E-state index in [0.29, 0.717) is 24.2 Å². The maximum atomic E-state index is 10.5. The first-order valence-electron chi connectivity index (χ1n) is 9.12. The Kier molecular flexibility index (Phi) is 6.23. The Labute approximate surface area is 168 Å². The second-order valence-corrected chi connectivity index (χ2v) is 11.3. The van der Waals surface area contributed by atoms with Crippen molar-refractivity contribution >= 4 is 41.2 Å². The van der Waals surface area contributed by atoms with Gasteiger partial charge in [-0.3, -0.25) is 4.57 Å². The fourth-order valence-electron chi connectivity index (χ4n) is 2.90. The van der Waals surface area contributed by atoms with Gasteiger partial charge in [0.25, 0.3) is 0 Å². The van der Waals surface area contributed by atoms with Gasteiger partial charge in [-0.2, -0.15) is 9.97 Å². The molecule has 1 unspecified atom stereocenters. The number of aromatic nitrogens is 4. The summed E-state index contributed by atoms with van der Waals surface area (Å²) in [6.07, 6.45) is 0.816. The molecule has 2 aromatic heterocycles. The molecule has 1 aliphatic heterocycles. The number of ether oxygens (including phenoxy) is 2. The molecule has 1 saturated heterocycles. The van der Waals surface area contributed by atoms with Crippen molar-refractivity contribution in [1.82, 2.24) is 19.5 Å². The molecule has 0 radical (unpaired) electrons. The van der Waals surface area contributed by atoms with Gasteiger partial charge in [0.2, 0.25) is 5.95 Å². The van der Waals surface area contributed by atoms with Crippen molar-refractivity contribution in [1.29, 1.82) is 0 Å². The minimum Gasteiger partial charge on any atom is -0.382 e. The molecule has 28 heavy (non-hydrogen) atoms. The van der Waals surface area contributed by atoms with E-state index >= 15 is 0 Å². The highest BCUT2D eigenvalue weighted by atomic mass is 32.5. The van der Waals surface area contributed by atoms with Crippen LogP contribution in [0.25, 0.3) is 11.2 Å². The van der Waals surface area contributed by atoms with Gasteiger partial charge in [0, 0.05) is 12.1 Å². The van der Waals surface area contributed by atoms with Gasteiger partial charge >= 0.3 is 0 Å². The Balaban J connectivity index is 1.88. The molecule has 1 aliphatic rings. The molecular formula is C16H27N6O4PS. The van der Waals surface area contributed by atoms with E-state index in [1.807, 2.05) is 27.7 Å². The largest absolute Gasteiger partial charge is 0.382 e. The molecule has 0 saturated carbocycles. The molecule has 4 atom stereocenters. The van der Waals surface area contributed by atoms with Crippen molar-refractivity contribution < 1.29 is 18.9 Å². The fourth-order valence-corrected chi connectivity index (χ4v) is 4.09. The molecule has 2 aromatic rings. The number of rotatable bonds is 7. The van der Waals surface area contributed by atoms with Crippen LogP contribution in [0.5, 0.6) is 0 Å². The van der Waals surface area contributed by atoms with E-state index in [0.717, 1.165) is 0 Å². The number of fused-ring (bicyclic) bond motifs is 1. The quantitative estimate of drug-likeness (QED) is 0.556. The minimum absolute atomic E-state index is 0.0343. The molecule has 0 aliphatic carbocycles. The lowest BCUT2D eigenvalue weighted by molar-refractivity contribution is -0.0695. The molecule has 3 rings (SSSR count). The van der Waals surface area contributed by atoms with Crippen LogP contribution in [0.4, 0.5) is 11.8 Å². The average Bonchev–Trinajstić information content (AvgIpc) is 3.16. The summed E-state index contributed by atoms with van der Waals surface area (Å²) in [6, 6.07) is 0. The van der Waals surface area contributed by atoms with Gasteiger partial charge < -0.3 is 30.4 Å². The Morgan fingerprint density at radius 2 is 2.07 bits per heavy atom. The summed E-state index contributed by atoms with van der Waals surface area (Å²) < 4.78 is 19.6. The molecule has 0 amide bonds. The monoisotopic (exact) mass is 430 g/mol. The van der Waals surface area contributed by atoms with E-state index in [1.54, 1.807) is 10.9 Å². The van der Waals surface area contributed by atoms with Gasteiger partial charge in [0.1, 0.15) is 17.8 Å². The molecule has 12 heteroatoms. The number of anilines is 2. The van der Waals surface area contributed by atoms with Crippen LogP contribution in [-0.4, -0.2) is 55.0 Å². The van der Waals surface area contributed by atoms with Gasteiger partial charge in [-0.25, -0.2) is 4.98 Å². The van der Waals surface area contributed by atoms with Crippen molar-refractivity contribution in [2.45, 2.75) is 64.3 Å². The van der Waals surface area contributed by atoms with Crippen LogP contribution in [-0.2, 0) is 25.8 Å². The van der Waals surface area contributed by atoms with Crippen molar-refractivity contribution in [2.75, 3.05) is 18.1 Å². The van der Waals surface area contributed by atoms with Crippen LogP contribution in [0.1, 0.15) is 40.3 Å². The van der Waals surface area contributed by atoms with Crippen molar-refractivity contribution in [2.24, 2.45) is 0 Å². The number of imidazole rings is 1. The van der Waals surface area contributed by atoms with Gasteiger partial charge in [-0.05, 0) is 25.7 Å². The lowest BCUT2D eigenvalue weighted by Gasteiger charge is -2.26. The van der Waals surface area contributed by atoms with Crippen molar-refractivity contribution in [3.05, 3.63) is 6.33 Å². The molecule has 0 bridgehead atoms. The van der Waals surface area contributed by atoms with Crippen LogP contribution in [0.3, 0.4) is 0 Å². The molecule has 5 N–H and O–H groups in total. The highest BCUT2D eigenvalue weighted by molar-refractivity contribution is 8.09. The molecule has 0 aromatic carbocycles. The number of nitrogen functional groups attached to an aromatic ring is 2. The lowest BCUT2D eigenvalue weighted by Crippen LogP contribution is -2.30. The zero-order chi connectivity index (χ0) is 20.6. The van der Waals surface area contributed by atoms with Crippen molar-refractivity contribution in [3.8, 4) is 0 Å².